The van der Waals surface area contributed by atoms with E-state index in [1.807, 2.05) is 0 Å². The lowest BCUT2D eigenvalue weighted by Crippen LogP contribution is -2.37. The van der Waals surface area contributed by atoms with E-state index in [0.717, 1.165) is 17.8 Å². The van der Waals surface area contributed by atoms with Crippen molar-refractivity contribution >= 4 is 6.08 Å². The van der Waals surface area contributed by atoms with Crippen molar-refractivity contribution in [3.05, 3.63) is 41.5 Å². The summed E-state index contributed by atoms with van der Waals surface area (Å²) in [4.78, 5) is 0. The zero-order valence-corrected chi connectivity index (χ0v) is 11.2. The van der Waals surface area contributed by atoms with Crippen LogP contribution in [0.4, 0.5) is 0 Å². The molecule has 0 nitrogen and oxygen atoms in total. The van der Waals surface area contributed by atoms with Crippen LogP contribution in [-0.2, 0) is 0 Å². The Morgan fingerprint density at radius 1 is 1.11 bits per heavy atom. The van der Waals surface area contributed by atoms with E-state index in [1.54, 1.807) is 5.56 Å². The van der Waals surface area contributed by atoms with Crippen LogP contribution in [0.1, 0.15) is 56.1 Å². The van der Waals surface area contributed by atoms with Crippen LogP contribution in [0, 0.1) is 17.3 Å². The van der Waals surface area contributed by atoms with E-state index >= 15 is 0 Å². The predicted molar refractivity (Wildman–Crippen MR) is 76.4 cm³/mol. The molecule has 0 radical (unpaired) electrons. The zero-order chi connectivity index (χ0) is 12.2. The first-order valence-electron chi connectivity index (χ1n) is 7.55. The Morgan fingerprint density at radius 3 is 2.94 bits per heavy atom. The van der Waals surface area contributed by atoms with Gasteiger partial charge in [0.15, 0.2) is 0 Å². The zero-order valence-electron chi connectivity index (χ0n) is 11.2. The molecule has 2 fully saturated rings. The standard InChI is InChI=1S/C18H22/c1-18-11-4-7-17(18)16-9-8-13-5-2-3-6-14(13)15(16)10-12-18/h2-3,5-6,8-9,15-17H,4,7,10-12H2,1H3/t15-,16-,17+,18+/m1/s1. The van der Waals surface area contributed by atoms with E-state index in [2.05, 4.69) is 43.3 Å². The van der Waals surface area contributed by atoms with E-state index in [0.29, 0.717) is 5.41 Å². The SMILES string of the molecule is C[C@@]12CCC[C@H]1[C@@H]1C=Cc3ccccc3[C@H]1CC2. The Kier molecular flexibility index (Phi) is 2.24. The number of fused-ring (bicyclic) bond motifs is 5. The van der Waals surface area contributed by atoms with Crippen molar-refractivity contribution < 1.29 is 0 Å². The smallest absolute Gasteiger partial charge is 0.00899 e. The topological polar surface area (TPSA) is 0 Å². The maximum Gasteiger partial charge on any atom is -0.00899 e. The fourth-order valence-electron chi connectivity index (χ4n) is 5.03. The minimum Gasteiger partial charge on any atom is -0.0799 e. The third kappa shape index (κ3) is 1.38. The highest BCUT2D eigenvalue weighted by atomic mass is 14.5. The van der Waals surface area contributed by atoms with E-state index in [-0.39, 0.29) is 0 Å². The first-order valence-corrected chi connectivity index (χ1v) is 7.55. The van der Waals surface area contributed by atoms with Crippen molar-refractivity contribution in [2.45, 2.75) is 44.9 Å². The maximum absolute atomic E-state index is 2.55. The summed E-state index contributed by atoms with van der Waals surface area (Å²) in [5.74, 6) is 2.57. The molecule has 0 bridgehead atoms. The molecule has 4 atom stereocenters. The van der Waals surface area contributed by atoms with Gasteiger partial charge in [0, 0.05) is 0 Å². The highest BCUT2D eigenvalue weighted by Crippen LogP contribution is 2.59. The van der Waals surface area contributed by atoms with Crippen LogP contribution < -0.4 is 0 Å². The predicted octanol–water partition coefficient (Wildman–Crippen LogP) is 5.01. The number of hydrogen-bond acceptors (Lipinski definition) is 0. The molecule has 0 unspecified atom stereocenters. The first kappa shape index (κ1) is 10.8. The Labute approximate surface area is 110 Å². The summed E-state index contributed by atoms with van der Waals surface area (Å²) in [6.45, 7) is 2.55. The van der Waals surface area contributed by atoms with Gasteiger partial charge in [0.2, 0.25) is 0 Å². The van der Waals surface area contributed by atoms with E-state index < -0.39 is 0 Å². The number of hydrogen-bond donors (Lipinski definition) is 0. The quantitative estimate of drug-likeness (QED) is 0.595. The monoisotopic (exact) mass is 238 g/mol. The second-order valence-corrected chi connectivity index (χ2v) is 6.86. The summed E-state index contributed by atoms with van der Waals surface area (Å²) >= 11 is 0. The molecule has 0 spiro atoms. The van der Waals surface area contributed by atoms with Crippen molar-refractivity contribution in [1.82, 2.24) is 0 Å². The van der Waals surface area contributed by atoms with Crippen LogP contribution >= 0.6 is 0 Å². The molecule has 3 aliphatic rings. The summed E-state index contributed by atoms with van der Waals surface area (Å²) < 4.78 is 0. The molecule has 0 N–H and O–H groups in total. The lowest BCUT2D eigenvalue weighted by atomic mass is 9.57. The van der Waals surface area contributed by atoms with E-state index in [4.69, 9.17) is 0 Å². The van der Waals surface area contributed by atoms with Crippen LogP contribution in [0.15, 0.2) is 30.3 Å². The fraction of sp³-hybridized carbons (Fsp3) is 0.556. The van der Waals surface area contributed by atoms with Gasteiger partial charge in [-0.1, -0.05) is 49.8 Å². The highest BCUT2D eigenvalue weighted by Gasteiger charge is 2.48. The fourth-order valence-corrected chi connectivity index (χ4v) is 5.03. The molecule has 0 amide bonds. The number of benzene rings is 1. The second-order valence-electron chi connectivity index (χ2n) is 6.86. The molecule has 0 heterocycles. The van der Waals surface area contributed by atoms with Crippen LogP contribution in [0.25, 0.3) is 6.08 Å². The molecule has 0 heteroatoms. The van der Waals surface area contributed by atoms with Gasteiger partial charge in [-0.15, -0.1) is 0 Å². The molecule has 0 aromatic heterocycles. The largest absolute Gasteiger partial charge is 0.0799 e. The molecule has 0 saturated heterocycles. The van der Waals surface area contributed by atoms with Gasteiger partial charge in [-0.3, -0.25) is 0 Å². The van der Waals surface area contributed by atoms with Crippen molar-refractivity contribution in [2.24, 2.45) is 17.3 Å². The van der Waals surface area contributed by atoms with Gasteiger partial charge in [0.05, 0.1) is 0 Å². The maximum atomic E-state index is 2.55. The molecule has 18 heavy (non-hydrogen) atoms. The summed E-state index contributed by atoms with van der Waals surface area (Å²) in [6, 6.07) is 9.04. The first-order chi connectivity index (χ1) is 8.78. The van der Waals surface area contributed by atoms with Gasteiger partial charge in [0.1, 0.15) is 0 Å². The Morgan fingerprint density at radius 2 is 2.00 bits per heavy atom. The van der Waals surface area contributed by atoms with Crippen LogP contribution in [0.3, 0.4) is 0 Å². The third-order valence-corrected chi connectivity index (χ3v) is 6.01. The highest BCUT2D eigenvalue weighted by molar-refractivity contribution is 5.58. The van der Waals surface area contributed by atoms with Crippen molar-refractivity contribution in [3.63, 3.8) is 0 Å². The average molecular weight is 238 g/mol. The molecule has 2 saturated carbocycles. The Balaban J connectivity index is 1.77. The summed E-state index contributed by atoms with van der Waals surface area (Å²) in [7, 11) is 0. The molecule has 1 aromatic rings. The third-order valence-electron chi connectivity index (χ3n) is 6.01. The van der Waals surface area contributed by atoms with Crippen LogP contribution in [-0.4, -0.2) is 0 Å². The summed E-state index contributed by atoms with van der Waals surface area (Å²) in [5, 5.41) is 0. The van der Waals surface area contributed by atoms with Crippen molar-refractivity contribution in [3.8, 4) is 0 Å². The average Bonchev–Trinajstić information content (AvgIpc) is 2.80. The Hall–Kier alpha value is -1.04. The molecule has 1 aromatic carbocycles. The van der Waals surface area contributed by atoms with Crippen LogP contribution in [0.2, 0.25) is 0 Å². The minimum absolute atomic E-state index is 0.651. The van der Waals surface area contributed by atoms with Crippen LogP contribution in [0.5, 0.6) is 0 Å². The molecule has 4 rings (SSSR count). The molecule has 94 valence electrons. The lowest BCUT2D eigenvalue weighted by Gasteiger charge is -2.47. The van der Waals surface area contributed by atoms with Gasteiger partial charge in [-0.05, 0) is 60.0 Å². The molecule has 3 aliphatic carbocycles. The normalized spacial score (nSPS) is 41.1. The van der Waals surface area contributed by atoms with Gasteiger partial charge < -0.3 is 0 Å². The minimum atomic E-state index is 0.651. The van der Waals surface area contributed by atoms with Gasteiger partial charge in [-0.2, -0.15) is 0 Å². The second kappa shape index (κ2) is 3.73. The van der Waals surface area contributed by atoms with Gasteiger partial charge >= 0.3 is 0 Å². The molecular weight excluding hydrogens is 216 g/mol. The number of rotatable bonds is 0. The Bertz CT molecular complexity index is 499. The lowest BCUT2D eigenvalue weighted by molar-refractivity contribution is 0.0946. The number of allylic oxidation sites excluding steroid dienone is 1. The van der Waals surface area contributed by atoms with E-state index in [9.17, 15) is 0 Å². The molecular formula is C18H22. The van der Waals surface area contributed by atoms with Gasteiger partial charge in [-0.25, -0.2) is 0 Å². The van der Waals surface area contributed by atoms with Gasteiger partial charge in [0.25, 0.3) is 0 Å². The van der Waals surface area contributed by atoms with E-state index in [1.165, 1.54) is 37.7 Å². The molecule has 0 aliphatic heterocycles. The summed E-state index contributed by atoms with van der Waals surface area (Å²) in [6.07, 6.45) is 12.2. The van der Waals surface area contributed by atoms with Crippen molar-refractivity contribution in [2.75, 3.05) is 0 Å². The van der Waals surface area contributed by atoms with Crippen molar-refractivity contribution in [1.29, 1.82) is 0 Å². The summed E-state index contributed by atoms with van der Waals surface area (Å²) in [5.41, 5.74) is 3.75.